The number of nitrogens with one attached hydrogen (secondary N) is 1. The van der Waals surface area contributed by atoms with Crippen LogP contribution in [0.4, 0.5) is 4.79 Å². The van der Waals surface area contributed by atoms with Crippen molar-refractivity contribution in [2.24, 2.45) is 5.92 Å². The first-order chi connectivity index (χ1) is 8.59. The van der Waals surface area contributed by atoms with Crippen molar-refractivity contribution in [2.75, 3.05) is 13.1 Å². The van der Waals surface area contributed by atoms with Crippen molar-refractivity contribution in [1.29, 1.82) is 0 Å². The van der Waals surface area contributed by atoms with E-state index in [0.717, 1.165) is 11.3 Å². The highest BCUT2D eigenvalue weighted by molar-refractivity contribution is 5.90. The van der Waals surface area contributed by atoms with E-state index in [4.69, 9.17) is 5.11 Å². The third kappa shape index (κ3) is 2.37. The van der Waals surface area contributed by atoms with Crippen LogP contribution in [0.3, 0.4) is 0 Å². The summed E-state index contributed by atoms with van der Waals surface area (Å²) in [5.74, 6) is -0.983. The van der Waals surface area contributed by atoms with Crippen LogP contribution < -0.4 is 5.32 Å². The molecule has 2 aliphatic heterocycles. The van der Waals surface area contributed by atoms with E-state index in [1.165, 1.54) is 6.20 Å². The molecule has 18 heavy (non-hydrogen) atoms. The summed E-state index contributed by atoms with van der Waals surface area (Å²) >= 11 is 0. The molecule has 0 aromatic heterocycles. The lowest BCUT2D eigenvalue weighted by Crippen LogP contribution is -2.34. The fourth-order valence-corrected chi connectivity index (χ4v) is 2.14. The van der Waals surface area contributed by atoms with Gasteiger partial charge in [-0.05, 0) is 24.3 Å². The molecule has 1 atom stereocenters. The average molecular weight is 250 g/mol. The smallest absolute Gasteiger partial charge is 0.411 e. The van der Waals surface area contributed by atoms with Gasteiger partial charge in [0.05, 0.1) is 12.1 Å². The van der Waals surface area contributed by atoms with Gasteiger partial charge < -0.3 is 15.5 Å². The molecule has 1 unspecified atom stereocenters. The quantitative estimate of drug-likeness (QED) is 0.680. The molecule has 0 aromatic rings. The first kappa shape index (κ1) is 12.2. The molecular formula is C12H14N2O4. The van der Waals surface area contributed by atoms with Gasteiger partial charge in [-0.3, -0.25) is 4.90 Å². The molecule has 2 rings (SSSR count). The van der Waals surface area contributed by atoms with E-state index in [9.17, 15) is 14.7 Å². The van der Waals surface area contributed by atoms with Gasteiger partial charge in [0.2, 0.25) is 0 Å². The normalized spacial score (nSPS) is 22.9. The van der Waals surface area contributed by atoms with E-state index in [-0.39, 0.29) is 18.0 Å². The van der Waals surface area contributed by atoms with Crippen LogP contribution in [0.1, 0.15) is 6.42 Å². The highest BCUT2D eigenvalue weighted by atomic mass is 16.4. The molecule has 0 fully saturated rings. The number of carbonyl (C=O) groups is 2. The van der Waals surface area contributed by atoms with Crippen molar-refractivity contribution in [3.63, 3.8) is 0 Å². The van der Waals surface area contributed by atoms with Gasteiger partial charge in [0.25, 0.3) is 0 Å². The van der Waals surface area contributed by atoms with Crippen LogP contribution in [-0.4, -0.2) is 40.3 Å². The van der Waals surface area contributed by atoms with Gasteiger partial charge in [-0.15, -0.1) is 0 Å². The highest BCUT2D eigenvalue weighted by Crippen LogP contribution is 2.26. The lowest BCUT2D eigenvalue weighted by Gasteiger charge is -2.27. The average Bonchev–Trinajstić information content (AvgIpc) is 2.39. The Morgan fingerprint density at radius 2 is 2.17 bits per heavy atom. The fraction of sp³-hybridized carbons (Fsp3) is 0.333. The third-order valence-electron chi connectivity index (χ3n) is 3.08. The Morgan fingerprint density at radius 3 is 2.72 bits per heavy atom. The second-order valence-electron chi connectivity index (χ2n) is 4.21. The Labute approximate surface area is 104 Å². The molecule has 0 radical (unpaired) electrons. The van der Waals surface area contributed by atoms with Crippen molar-refractivity contribution in [2.45, 2.75) is 6.42 Å². The third-order valence-corrected chi connectivity index (χ3v) is 3.08. The largest absolute Gasteiger partial charge is 0.478 e. The standard InChI is InChI=1S/C12H14N2O4/c15-11(16)10-7-14(12(17)18)5-3-9(10)8-2-1-4-13-6-8/h1,3-5,8,13H,2,6-7H2,(H,15,16)(H,17,18). The molecular weight excluding hydrogens is 236 g/mol. The molecule has 0 aromatic carbocycles. The van der Waals surface area contributed by atoms with Crippen molar-refractivity contribution in [3.8, 4) is 0 Å². The molecule has 0 spiro atoms. The summed E-state index contributed by atoms with van der Waals surface area (Å²) < 4.78 is 0. The Bertz CT molecular complexity index is 465. The first-order valence-corrected chi connectivity index (χ1v) is 5.62. The van der Waals surface area contributed by atoms with Crippen LogP contribution in [0.2, 0.25) is 0 Å². The molecule has 96 valence electrons. The summed E-state index contributed by atoms with van der Waals surface area (Å²) in [6.07, 6.45) is 6.41. The summed E-state index contributed by atoms with van der Waals surface area (Å²) in [7, 11) is 0. The Hall–Kier alpha value is -2.24. The van der Waals surface area contributed by atoms with Crippen molar-refractivity contribution in [3.05, 3.63) is 35.7 Å². The zero-order chi connectivity index (χ0) is 13.1. The summed E-state index contributed by atoms with van der Waals surface area (Å²) in [4.78, 5) is 23.0. The van der Waals surface area contributed by atoms with Crippen molar-refractivity contribution in [1.82, 2.24) is 10.2 Å². The molecule has 6 heteroatoms. The molecule has 0 bridgehead atoms. The van der Waals surface area contributed by atoms with E-state index in [2.05, 4.69) is 5.32 Å². The van der Waals surface area contributed by atoms with Gasteiger partial charge in [0, 0.05) is 18.7 Å². The summed E-state index contributed by atoms with van der Waals surface area (Å²) in [6.45, 7) is 0.566. The van der Waals surface area contributed by atoms with Crippen LogP contribution in [0, 0.1) is 5.92 Å². The van der Waals surface area contributed by atoms with Gasteiger partial charge in [-0.25, -0.2) is 9.59 Å². The summed E-state index contributed by atoms with van der Waals surface area (Å²) in [5, 5.41) is 21.1. The van der Waals surface area contributed by atoms with Crippen LogP contribution in [0.5, 0.6) is 0 Å². The number of hydrogen-bond acceptors (Lipinski definition) is 3. The SMILES string of the molecule is O=C(O)C1=C(C2CC=CNC2)C=CN(C(=O)O)C1. The van der Waals surface area contributed by atoms with Crippen LogP contribution >= 0.6 is 0 Å². The minimum absolute atomic E-state index is 0.0771. The van der Waals surface area contributed by atoms with Gasteiger partial charge in [0.1, 0.15) is 0 Å². The fourth-order valence-electron chi connectivity index (χ4n) is 2.14. The van der Waals surface area contributed by atoms with E-state index in [1.807, 2.05) is 12.3 Å². The Balaban J connectivity index is 2.27. The molecule has 6 nitrogen and oxygen atoms in total. The number of nitrogens with zero attached hydrogens (tertiary/aromatic N) is 1. The van der Waals surface area contributed by atoms with Crippen LogP contribution in [0.15, 0.2) is 35.7 Å². The predicted octanol–water partition coefficient (Wildman–Crippen LogP) is 0.998. The number of allylic oxidation sites excluding steroid dienone is 2. The van der Waals surface area contributed by atoms with E-state index in [1.54, 1.807) is 6.08 Å². The molecule has 0 saturated heterocycles. The molecule has 0 aliphatic carbocycles. The van der Waals surface area contributed by atoms with Gasteiger partial charge in [-0.2, -0.15) is 0 Å². The van der Waals surface area contributed by atoms with Gasteiger partial charge in [0.15, 0.2) is 0 Å². The summed E-state index contributed by atoms with van der Waals surface area (Å²) in [6, 6.07) is 0. The zero-order valence-electron chi connectivity index (χ0n) is 9.67. The lowest BCUT2D eigenvalue weighted by atomic mass is 9.88. The second kappa shape index (κ2) is 4.95. The number of hydrogen-bond donors (Lipinski definition) is 3. The maximum Gasteiger partial charge on any atom is 0.411 e. The van der Waals surface area contributed by atoms with Crippen LogP contribution in [-0.2, 0) is 4.79 Å². The number of amides is 1. The zero-order valence-corrected chi connectivity index (χ0v) is 9.67. The Morgan fingerprint density at radius 1 is 1.39 bits per heavy atom. The first-order valence-electron chi connectivity index (χ1n) is 5.62. The molecule has 2 aliphatic rings. The lowest BCUT2D eigenvalue weighted by molar-refractivity contribution is -0.132. The maximum absolute atomic E-state index is 11.2. The number of carboxylic acids is 1. The predicted molar refractivity (Wildman–Crippen MR) is 63.8 cm³/mol. The van der Waals surface area contributed by atoms with Crippen molar-refractivity contribution >= 4 is 12.1 Å². The van der Waals surface area contributed by atoms with Crippen LogP contribution in [0.25, 0.3) is 0 Å². The van der Waals surface area contributed by atoms with E-state index >= 15 is 0 Å². The Kier molecular flexibility index (Phi) is 3.36. The van der Waals surface area contributed by atoms with Gasteiger partial charge in [-0.1, -0.05) is 6.08 Å². The minimum Gasteiger partial charge on any atom is -0.478 e. The molecule has 0 saturated carbocycles. The molecule has 2 heterocycles. The number of rotatable bonds is 2. The number of carboxylic acid groups (broad SMARTS) is 2. The monoisotopic (exact) mass is 250 g/mol. The maximum atomic E-state index is 11.2. The molecule has 1 amide bonds. The second-order valence-corrected chi connectivity index (χ2v) is 4.21. The minimum atomic E-state index is -1.15. The molecule has 3 N–H and O–H groups in total. The van der Waals surface area contributed by atoms with Crippen molar-refractivity contribution < 1.29 is 19.8 Å². The number of aliphatic carboxylic acids is 1. The summed E-state index contributed by atoms with van der Waals surface area (Å²) in [5.41, 5.74) is 0.860. The van der Waals surface area contributed by atoms with E-state index in [0.29, 0.717) is 12.1 Å². The van der Waals surface area contributed by atoms with Gasteiger partial charge >= 0.3 is 12.1 Å². The van der Waals surface area contributed by atoms with E-state index < -0.39 is 12.1 Å². The topological polar surface area (TPSA) is 89.9 Å². The highest BCUT2D eigenvalue weighted by Gasteiger charge is 2.27.